The van der Waals surface area contributed by atoms with Crippen molar-refractivity contribution < 1.29 is 19.1 Å². The topological polar surface area (TPSA) is 94.7 Å². The number of benzene rings is 3. The van der Waals surface area contributed by atoms with Gasteiger partial charge in [0.05, 0.1) is 11.3 Å². The zero-order valence-electron chi connectivity index (χ0n) is 25.6. The number of carbonyl (C=O) groups is 3. The summed E-state index contributed by atoms with van der Waals surface area (Å²) in [5.41, 5.74) is 5.69. The van der Waals surface area contributed by atoms with Crippen LogP contribution < -0.4 is 10.2 Å². The number of ether oxygens (including phenoxy) is 1. The van der Waals surface area contributed by atoms with Crippen LogP contribution in [0.1, 0.15) is 84.7 Å². The summed E-state index contributed by atoms with van der Waals surface area (Å²) in [6, 6.07) is 21.6. The van der Waals surface area contributed by atoms with Gasteiger partial charge in [0.15, 0.2) is 0 Å². The molecule has 0 bridgehead atoms. The Bertz CT molecular complexity index is 1680. The van der Waals surface area contributed by atoms with Crippen molar-refractivity contribution in [3.63, 3.8) is 0 Å². The van der Waals surface area contributed by atoms with Crippen LogP contribution in [0.2, 0.25) is 0 Å². The molecule has 0 radical (unpaired) electrons. The minimum atomic E-state index is -0.694. The van der Waals surface area contributed by atoms with Gasteiger partial charge >= 0.3 is 6.03 Å². The molecule has 0 aliphatic carbocycles. The maximum Gasteiger partial charge on any atom is 0.332 e. The van der Waals surface area contributed by atoms with Gasteiger partial charge < -0.3 is 15.0 Å². The fraction of sp³-hybridized carbons (Fsp3) is 0.361. The Morgan fingerprint density at radius 3 is 2.48 bits per heavy atom. The van der Waals surface area contributed by atoms with Gasteiger partial charge in [-0.15, -0.1) is 0 Å². The quantitative estimate of drug-likeness (QED) is 0.150. The molecule has 2 N–H and O–H groups in total. The zero-order valence-corrected chi connectivity index (χ0v) is 25.6. The molecule has 4 amide bonds. The number of fused-ring (bicyclic) bond motifs is 4. The molecule has 228 valence electrons. The summed E-state index contributed by atoms with van der Waals surface area (Å²) in [5.74, 6) is -0.274. The SMILES string of the molecule is CCCCOCCCNC(=O)c1ccccc1N1C(=O)[C@@H]2Cc3c([nH]c4ccccc34)C(c3ccc(C(C)C)cc3)N2C1=O. The number of carbonyl (C=O) groups excluding carboxylic acids is 3. The number of rotatable bonds is 11. The zero-order chi connectivity index (χ0) is 30.8. The molecule has 44 heavy (non-hydrogen) atoms. The van der Waals surface area contributed by atoms with Crippen LogP contribution in [0.15, 0.2) is 72.8 Å². The lowest BCUT2D eigenvalue weighted by atomic mass is 9.88. The highest BCUT2D eigenvalue weighted by Gasteiger charge is 2.53. The number of amides is 4. The van der Waals surface area contributed by atoms with Crippen molar-refractivity contribution in [3.8, 4) is 0 Å². The molecule has 8 nitrogen and oxygen atoms in total. The van der Waals surface area contributed by atoms with E-state index >= 15 is 0 Å². The molecule has 2 aliphatic rings. The summed E-state index contributed by atoms with van der Waals surface area (Å²) >= 11 is 0. The number of hydrogen-bond acceptors (Lipinski definition) is 4. The van der Waals surface area contributed by atoms with Gasteiger partial charge in [-0.1, -0.05) is 81.8 Å². The van der Waals surface area contributed by atoms with E-state index in [-0.39, 0.29) is 11.8 Å². The number of imide groups is 1. The van der Waals surface area contributed by atoms with Gasteiger partial charge in [0.2, 0.25) is 0 Å². The number of unbranched alkanes of at least 4 members (excludes halogenated alkanes) is 1. The number of aromatic amines is 1. The predicted molar refractivity (Wildman–Crippen MR) is 172 cm³/mol. The van der Waals surface area contributed by atoms with Gasteiger partial charge in [0.1, 0.15) is 12.1 Å². The molecule has 2 aliphatic heterocycles. The number of hydrogen-bond donors (Lipinski definition) is 2. The third-order valence-corrected chi connectivity index (χ3v) is 8.75. The van der Waals surface area contributed by atoms with Crippen LogP contribution in [-0.4, -0.2) is 53.5 Å². The Morgan fingerprint density at radius 1 is 0.977 bits per heavy atom. The predicted octanol–water partition coefficient (Wildman–Crippen LogP) is 6.71. The van der Waals surface area contributed by atoms with Crippen LogP contribution in [0.4, 0.5) is 10.5 Å². The first-order valence-electron chi connectivity index (χ1n) is 15.7. The second-order valence-corrected chi connectivity index (χ2v) is 12.0. The molecule has 1 fully saturated rings. The summed E-state index contributed by atoms with van der Waals surface area (Å²) in [7, 11) is 0. The number of anilines is 1. The first-order valence-corrected chi connectivity index (χ1v) is 15.7. The molecule has 1 saturated heterocycles. The summed E-state index contributed by atoms with van der Waals surface area (Å²) in [6.45, 7) is 8.13. The number of aromatic nitrogens is 1. The lowest BCUT2D eigenvalue weighted by Crippen LogP contribution is -2.44. The average molecular weight is 593 g/mol. The number of urea groups is 1. The van der Waals surface area contributed by atoms with Crippen molar-refractivity contribution >= 4 is 34.4 Å². The summed E-state index contributed by atoms with van der Waals surface area (Å²) in [4.78, 5) is 48.4. The normalized spacial score (nSPS) is 17.8. The number of nitrogens with zero attached hydrogens (tertiary/aromatic N) is 2. The van der Waals surface area contributed by atoms with Gasteiger partial charge in [-0.3, -0.25) is 14.5 Å². The smallest absolute Gasteiger partial charge is 0.332 e. The van der Waals surface area contributed by atoms with E-state index < -0.39 is 18.1 Å². The molecule has 3 heterocycles. The molecule has 2 atom stereocenters. The van der Waals surface area contributed by atoms with Crippen molar-refractivity contribution in [3.05, 3.63) is 101 Å². The van der Waals surface area contributed by atoms with Crippen molar-refractivity contribution in [2.45, 2.75) is 64.5 Å². The van der Waals surface area contributed by atoms with Crippen LogP contribution >= 0.6 is 0 Å². The largest absolute Gasteiger partial charge is 0.381 e. The second-order valence-electron chi connectivity index (χ2n) is 12.0. The van der Waals surface area contributed by atoms with Crippen LogP contribution in [0, 0.1) is 0 Å². The van der Waals surface area contributed by atoms with Gasteiger partial charge in [0.25, 0.3) is 11.8 Å². The van der Waals surface area contributed by atoms with Crippen LogP contribution in [0.25, 0.3) is 10.9 Å². The highest BCUT2D eigenvalue weighted by atomic mass is 16.5. The summed E-state index contributed by atoms with van der Waals surface area (Å²) in [6.07, 6.45) is 3.17. The maximum absolute atomic E-state index is 14.4. The van der Waals surface area contributed by atoms with Crippen molar-refractivity contribution in [2.75, 3.05) is 24.7 Å². The van der Waals surface area contributed by atoms with Crippen molar-refractivity contribution in [2.24, 2.45) is 0 Å². The summed E-state index contributed by atoms with van der Waals surface area (Å²) in [5, 5.41) is 4.00. The number of H-pyrrole nitrogens is 1. The minimum absolute atomic E-state index is 0.294. The molecular weight excluding hydrogens is 552 g/mol. The van der Waals surface area contributed by atoms with Crippen LogP contribution in [0.5, 0.6) is 0 Å². The molecule has 4 aromatic rings. The Morgan fingerprint density at radius 2 is 1.70 bits per heavy atom. The minimum Gasteiger partial charge on any atom is -0.381 e. The van der Waals surface area contributed by atoms with Gasteiger partial charge in [-0.25, -0.2) is 9.69 Å². The average Bonchev–Trinajstić information content (AvgIpc) is 3.53. The van der Waals surface area contributed by atoms with E-state index in [0.29, 0.717) is 49.8 Å². The molecule has 0 saturated carbocycles. The first-order chi connectivity index (χ1) is 21.4. The molecule has 6 rings (SSSR count). The Labute approximate surface area is 258 Å². The Balaban J connectivity index is 1.32. The monoisotopic (exact) mass is 592 g/mol. The van der Waals surface area contributed by atoms with E-state index in [1.54, 1.807) is 29.2 Å². The first kappa shape index (κ1) is 29.6. The number of para-hydroxylation sites is 2. The van der Waals surface area contributed by atoms with Crippen LogP contribution in [0.3, 0.4) is 0 Å². The highest BCUT2D eigenvalue weighted by Crippen LogP contribution is 2.45. The standard InChI is InChI=1S/C36H40N4O4/c1-4-5-20-44-21-10-19-37-34(41)27-12-7-9-14-30(27)40-35(42)31-22-28-26-11-6-8-13-29(26)38-32(28)33(39(31)36(40)43)25-17-15-24(16-18-25)23(2)3/h6-9,11-18,23,31,33,38H,4-5,10,19-22H2,1-3H3,(H,37,41)/t31-,33?/m0/s1. The third-order valence-electron chi connectivity index (χ3n) is 8.75. The van der Waals surface area contributed by atoms with Crippen molar-refractivity contribution in [1.82, 2.24) is 15.2 Å². The third kappa shape index (κ3) is 5.39. The second kappa shape index (κ2) is 12.7. The fourth-order valence-electron chi connectivity index (χ4n) is 6.39. The number of nitrogens with one attached hydrogen (secondary N) is 2. The fourth-order valence-corrected chi connectivity index (χ4v) is 6.39. The molecule has 0 spiro atoms. The maximum atomic E-state index is 14.4. The van der Waals surface area contributed by atoms with Crippen LogP contribution in [-0.2, 0) is 16.0 Å². The Hall–Kier alpha value is -4.43. The van der Waals surface area contributed by atoms with E-state index in [2.05, 4.69) is 61.4 Å². The van der Waals surface area contributed by atoms with E-state index in [9.17, 15) is 14.4 Å². The molecule has 1 aromatic heterocycles. The van der Waals surface area contributed by atoms with E-state index in [1.807, 2.05) is 18.2 Å². The van der Waals surface area contributed by atoms with E-state index in [0.717, 1.165) is 40.6 Å². The molecular formula is C36H40N4O4. The summed E-state index contributed by atoms with van der Waals surface area (Å²) < 4.78 is 5.60. The van der Waals surface area contributed by atoms with E-state index in [1.165, 1.54) is 10.5 Å². The van der Waals surface area contributed by atoms with E-state index in [4.69, 9.17) is 4.74 Å². The Kier molecular flexibility index (Phi) is 8.53. The van der Waals surface area contributed by atoms with Crippen molar-refractivity contribution in [1.29, 1.82) is 0 Å². The molecule has 1 unspecified atom stereocenters. The van der Waals surface area contributed by atoms with Gasteiger partial charge in [-0.05, 0) is 53.6 Å². The van der Waals surface area contributed by atoms with Gasteiger partial charge in [-0.2, -0.15) is 0 Å². The highest BCUT2D eigenvalue weighted by molar-refractivity contribution is 6.24. The molecule has 8 heteroatoms. The lowest BCUT2D eigenvalue weighted by Gasteiger charge is -2.36. The molecule has 3 aromatic carbocycles. The lowest BCUT2D eigenvalue weighted by molar-refractivity contribution is -0.120. The van der Waals surface area contributed by atoms with Gasteiger partial charge in [0, 0.05) is 42.8 Å².